The Labute approximate surface area is 319 Å². The van der Waals surface area contributed by atoms with Gasteiger partial charge in [-0.05, 0) is 107 Å². The molecule has 16 heteroatoms. The number of halogens is 1. The smallest absolute Gasteiger partial charge is 0.255 e. The molecule has 6 rings (SSSR count). The van der Waals surface area contributed by atoms with Crippen LogP contribution in [0.2, 0.25) is 0 Å². The minimum absolute atomic E-state index is 0.0698. The number of aromatic nitrogens is 6. The highest BCUT2D eigenvalue weighted by atomic mass is 127. The van der Waals surface area contributed by atoms with Crippen LogP contribution in [0, 0.1) is 10.5 Å². The van der Waals surface area contributed by atoms with Gasteiger partial charge in [-0.15, -0.1) is 0 Å². The van der Waals surface area contributed by atoms with Gasteiger partial charge in [0.05, 0.1) is 11.4 Å². The molecule has 0 saturated heterocycles. The van der Waals surface area contributed by atoms with Gasteiger partial charge in [0.2, 0.25) is 23.8 Å². The number of rotatable bonds is 7. The highest BCUT2D eigenvalue weighted by Gasteiger charge is 2.08. The molecule has 0 radical (unpaired) electrons. The molecule has 0 aliphatic rings. The molecule has 2 aromatic heterocycles. The number of nitrogen functional groups attached to an aromatic ring is 5. The van der Waals surface area contributed by atoms with Gasteiger partial charge in [0.15, 0.2) is 11.6 Å². The first kappa shape index (κ1) is 38.8. The van der Waals surface area contributed by atoms with Crippen LogP contribution in [-0.4, -0.2) is 41.7 Å². The molecule has 2 amide bonds. The van der Waals surface area contributed by atoms with E-state index in [1.165, 1.54) is 6.08 Å². The van der Waals surface area contributed by atoms with E-state index in [1.54, 1.807) is 48.6 Å². The molecular formula is C37H36IN13O2. The maximum absolute atomic E-state index is 12.3. The predicted molar refractivity (Wildman–Crippen MR) is 220 cm³/mol. The van der Waals surface area contributed by atoms with Crippen LogP contribution >= 0.6 is 22.6 Å². The number of carbonyl (C=O) groups excluding carboxylic acids is 2. The summed E-state index contributed by atoms with van der Waals surface area (Å²) in [4.78, 5) is 46.9. The van der Waals surface area contributed by atoms with E-state index < -0.39 is 0 Å². The number of para-hydroxylation sites is 3. The van der Waals surface area contributed by atoms with Crippen molar-refractivity contribution >= 4 is 93.5 Å². The largest absolute Gasteiger partial charge is 0.397 e. The van der Waals surface area contributed by atoms with E-state index in [0.29, 0.717) is 34.2 Å². The number of anilines is 7. The molecule has 0 fully saturated rings. The molecule has 53 heavy (non-hydrogen) atoms. The van der Waals surface area contributed by atoms with Crippen molar-refractivity contribution in [3.63, 3.8) is 0 Å². The number of hydrogen-bond donors (Lipinski definition) is 7. The number of benzene rings is 4. The minimum atomic E-state index is -0.159. The van der Waals surface area contributed by atoms with Crippen molar-refractivity contribution in [1.29, 1.82) is 0 Å². The first-order valence-corrected chi connectivity index (χ1v) is 16.7. The fourth-order valence-electron chi connectivity index (χ4n) is 4.25. The van der Waals surface area contributed by atoms with Gasteiger partial charge in [-0.3, -0.25) is 9.59 Å². The van der Waals surface area contributed by atoms with E-state index in [-0.39, 0.29) is 35.6 Å². The van der Waals surface area contributed by atoms with Gasteiger partial charge < -0.3 is 39.3 Å². The Kier molecular flexibility index (Phi) is 13.8. The van der Waals surface area contributed by atoms with Crippen molar-refractivity contribution in [1.82, 2.24) is 29.9 Å². The predicted octanol–water partition coefficient (Wildman–Crippen LogP) is 5.57. The van der Waals surface area contributed by atoms with Crippen LogP contribution in [0.1, 0.15) is 43.5 Å². The van der Waals surface area contributed by atoms with Gasteiger partial charge in [-0.1, -0.05) is 55.1 Å². The SMILES string of the molecule is C=Cc1nc(N)nc(N)n1.Cc1ccccc1NC(=O)c1ccc(/C=C/c2nc(N)nc(N)n2)cc1.Nc1ccccc1NC(=O)c1ccc(I)cc1. The van der Waals surface area contributed by atoms with Crippen molar-refractivity contribution in [3.05, 3.63) is 141 Å². The van der Waals surface area contributed by atoms with E-state index >= 15 is 0 Å². The zero-order valence-electron chi connectivity index (χ0n) is 28.4. The van der Waals surface area contributed by atoms with Crippen molar-refractivity contribution in [3.8, 4) is 0 Å². The summed E-state index contributed by atoms with van der Waals surface area (Å²) in [5, 5.41) is 5.68. The molecule has 0 aliphatic heterocycles. The van der Waals surface area contributed by atoms with Crippen molar-refractivity contribution in [2.24, 2.45) is 0 Å². The van der Waals surface area contributed by atoms with Crippen molar-refractivity contribution < 1.29 is 9.59 Å². The summed E-state index contributed by atoms with van der Waals surface area (Å²) < 4.78 is 1.10. The monoisotopic (exact) mass is 821 g/mol. The van der Waals surface area contributed by atoms with Crippen molar-refractivity contribution in [2.75, 3.05) is 39.3 Å². The Balaban J connectivity index is 0.000000198. The number of hydrogen-bond acceptors (Lipinski definition) is 13. The first-order valence-electron chi connectivity index (χ1n) is 15.6. The van der Waals surface area contributed by atoms with Gasteiger partial charge in [0, 0.05) is 20.4 Å². The second-order valence-corrected chi connectivity index (χ2v) is 12.0. The van der Waals surface area contributed by atoms with Gasteiger partial charge in [0.1, 0.15) is 0 Å². The lowest BCUT2D eigenvalue weighted by Gasteiger charge is -2.08. The number of carbonyl (C=O) groups is 2. The lowest BCUT2D eigenvalue weighted by molar-refractivity contribution is 0.101. The summed E-state index contributed by atoms with van der Waals surface area (Å²) in [6.45, 7) is 5.40. The zero-order chi connectivity index (χ0) is 38.3. The number of nitrogens with zero attached hydrogens (tertiary/aromatic N) is 6. The quantitative estimate of drug-likeness (QED) is 0.0768. The summed E-state index contributed by atoms with van der Waals surface area (Å²) in [6, 6.07) is 29.4. The lowest BCUT2D eigenvalue weighted by atomic mass is 10.1. The van der Waals surface area contributed by atoms with Gasteiger partial charge in [-0.25, -0.2) is 0 Å². The van der Waals surface area contributed by atoms with E-state index in [0.717, 1.165) is 20.4 Å². The number of amides is 2. The Morgan fingerprint density at radius 1 is 0.585 bits per heavy atom. The number of nitrogens with one attached hydrogen (secondary N) is 2. The molecule has 0 aliphatic carbocycles. The van der Waals surface area contributed by atoms with Crippen LogP contribution in [-0.2, 0) is 0 Å². The standard InChI is InChI=1S/C19H18N6O.C13H11IN2O.C5H7N5/c1-12-4-2-3-5-15(12)22-17(26)14-9-6-13(7-10-14)8-11-16-23-18(20)25-19(21)24-16;14-10-7-5-9(6-8-10)13(17)16-12-4-2-1-3-11(12)15;1-2-3-8-4(6)10-5(7)9-3/h2-11H,1H3,(H,22,26)(H4,20,21,23,24,25);1-8H,15H2,(H,16,17);2H,1H2,(H4,6,7,8,9,10)/b11-8+;;. The van der Waals surface area contributed by atoms with Gasteiger partial charge in [-0.2, -0.15) is 29.9 Å². The van der Waals surface area contributed by atoms with Gasteiger partial charge in [0.25, 0.3) is 11.8 Å². The topological polar surface area (TPSA) is 266 Å². The first-order chi connectivity index (χ1) is 25.4. The normalized spacial score (nSPS) is 10.2. The summed E-state index contributed by atoms with van der Waals surface area (Å²) in [7, 11) is 0. The van der Waals surface area contributed by atoms with E-state index in [2.05, 4.69) is 69.7 Å². The third-order valence-electron chi connectivity index (χ3n) is 6.86. The zero-order valence-corrected chi connectivity index (χ0v) is 30.6. The van der Waals surface area contributed by atoms with E-state index in [1.807, 2.05) is 67.6 Å². The second kappa shape index (κ2) is 18.9. The fraction of sp³-hybridized carbons (Fsp3) is 0.0270. The number of nitrogens with two attached hydrogens (primary N) is 5. The Hall–Kier alpha value is -6.95. The Morgan fingerprint density at radius 3 is 1.55 bits per heavy atom. The summed E-state index contributed by atoms with van der Waals surface area (Å²) in [5.41, 5.74) is 32.4. The summed E-state index contributed by atoms with van der Waals surface area (Å²) >= 11 is 2.20. The van der Waals surface area contributed by atoms with Crippen LogP contribution in [0.3, 0.4) is 0 Å². The second-order valence-electron chi connectivity index (χ2n) is 10.8. The van der Waals surface area contributed by atoms with E-state index in [9.17, 15) is 9.59 Å². The molecule has 0 unspecified atom stereocenters. The fourth-order valence-corrected chi connectivity index (χ4v) is 4.61. The number of aryl methyl sites for hydroxylation is 1. The maximum atomic E-state index is 12.3. The molecule has 268 valence electrons. The minimum Gasteiger partial charge on any atom is -0.397 e. The highest BCUT2D eigenvalue weighted by Crippen LogP contribution is 2.19. The summed E-state index contributed by atoms with van der Waals surface area (Å²) in [5.74, 6) is 0.819. The van der Waals surface area contributed by atoms with E-state index in [4.69, 9.17) is 28.7 Å². The molecular weight excluding hydrogens is 785 g/mol. The molecule has 0 atom stereocenters. The van der Waals surface area contributed by atoms with Crippen LogP contribution in [0.15, 0.2) is 104 Å². The lowest BCUT2D eigenvalue weighted by Crippen LogP contribution is -2.12. The molecule has 0 bridgehead atoms. The summed E-state index contributed by atoms with van der Waals surface area (Å²) in [6.07, 6.45) is 4.93. The molecule has 2 heterocycles. The Morgan fingerprint density at radius 2 is 1.04 bits per heavy atom. The molecule has 6 aromatic rings. The van der Waals surface area contributed by atoms with Crippen molar-refractivity contribution in [2.45, 2.75) is 6.92 Å². The highest BCUT2D eigenvalue weighted by molar-refractivity contribution is 14.1. The average Bonchev–Trinajstić information content (AvgIpc) is 3.13. The third kappa shape index (κ3) is 12.4. The van der Waals surface area contributed by atoms with Gasteiger partial charge >= 0.3 is 0 Å². The van der Waals surface area contributed by atoms with Crippen LogP contribution < -0.4 is 39.3 Å². The Bertz CT molecular complexity index is 2190. The van der Waals surface area contributed by atoms with Crippen LogP contribution in [0.25, 0.3) is 18.2 Å². The molecule has 0 spiro atoms. The molecule has 0 saturated carbocycles. The van der Waals surface area contributed by atoms with Crippen LogP contribution in [0.4, 0.5) is 40.9 Å². The third-order valence-corrected chi connectivity index (χ3v) is 7.58. The van der Waals surface area contributed by atoms with Crippen LogP contribution in [0.5, 0.6) is 0 Å². The average molecular weight is 822 g/mol. The molecule has 12 N–H and O–H groups in total. The maximum Gasteiger partial charge on any atom is 0.255 e. The molecule has 4 aromatic carbocycles. The molecule has 15 nitrogen and oxygen atoms in total.